The molecule has 2 amide bonds. The number of benzene rings is 1. The summed E-state index contributed by atoms with van der Waals surface area (Å²) in [5.41, 5.74) is -0.0738. The second-order valence-electron chi connectivity index (χ2n) is 6.89. The highest BCUT2D eigenvalue weighted by Crippen LogP contribution is 2.33. The van der Waals surface area contributed by atoms with E-state index in [0.717, 1.165) is 17.4 Å². The van der Waals surface area contributed by atoms with Gasteiger partial charge < -0.3 is 10.6 Å². The minimum atomic E-state index is -4.53. The van der Waals surface area contributed by atoms with Gasteiger partial charge in [-0.1, -0.05) is 11.3 Å². The minimum absolute atomic E-state index is 0.00525. The Kier molecular flexibility index (Phi) is 5.76. The Labute approximate surface area is 187 Å². The number of aryl methyl sites for hydroxylation is 2. The molecule has 0 radical (unpaired) electrons. The van der Waals surface area contributed by atoms with E-state index in [2.05, 4.69) is 35.9 Å². The first-order valence-electron chi connectivity index (χ1n) is 9.36. The first kappa shape index (κ1) is 22.3. The molecular formula is C19H15F3N8O2S. The third-order valence-corrected chi connectivity index (χ3v) is 5.58. The van der Waals surface area contributed by atoms with E-state index in [1.165, 1.54) is 36.3 Å². The molecule has 0 aliphatic rings. The molecule has 0 fully saturated rings. The van der Waals surface area contributed by atoms with Crippen molar-refractivity contribution in [3.8, 4) is 0 Å². The molecule has 3 heterocycles. The highest BCUT2D eigenvalue weighted by molar-refractivity contribution is 7.13. The van der Waals surface area contributed by atoms with Gasteiger partial charge in [0.25, 0.3) is 11.8 Å². The van der Waals surface area contributed by atoms with Crippen molar-refractivity contribution in [2.24, 2.45) is 7.05 Å². The van der Waals surface area contributed by atoms with Crippen LogP contribution in [0.3, 0.4) is 0 Å². The van der Waals surface area contributed by atoms with Crippen LogP contribution >= 0.6 is 11.3 Å². The first-order valence-corrected chi connectivity index (χ1v) is 10.2. The highest BCUT2D eigenvalue weighted by Gasteiger charge is 2.32. The number of thiazole rings is 1. The van der Waals surface area contributed by atoms with Crippen molar-refractivity contribution in [3.05, 3.63) is 57.4 Å². The smallest absolute Gasteiger partial charge is 0.344 e. The van der Waals surface area contributed by atoms with Crippen LogP contribution < -0.4 is 10.6 Å². The fourth-order valence-electron chi connectivity index (χ4n) is 2.95. The number of nitrogens with one attached hydrogen (secondary N) is 2. The van der Waals surface area contributed by atoms with Crippen molar-refractivity contribution in [1.29, 1.82) is 0 Å². The molecule has 1 aromatic carbocycles. The van der Waals surface area contributed by atoms with Gasteiger partial charge in [0, 0.05) is 12.7 Å². The number of alkyl halides is 3. The second-order valence-corrected chi connectivity index (χ2v) is 8.01. The monoisotopic (exact) mass is 476 g/mol. The number of carbonyl (C=O) groups excluding carboxylic acids is 2. The lowest BCUT2D eigenvalue weighted by Crippen LogP contribution is -2.24. The number of hydrogen-bond acceptors (Lipinski definition) is 8. The minimum Gasteiger partial charge on any atom is -0.344 e. The number of fused-ring (bicyclic) bond motifs is 1. The number of hydrogen-bond donors (Lipinski definition) is 2. The number of halogens is 3. The summed E-state index contributed by atoms with van der Waals surface area (Å²) in [7, 11) is 1.63. The normalized spacial score (nSPS) is 11.5. The number of nitrogens with zero attached hydrogens (tertiary/aromatic N) is 6. The lowest BCUT2D eigenvalue weighted by atomic mass is 10.1. The van der Waals surface area contributed by atoms with Gasteiger partial charge in [-0.2, -0.15) is 13.2 Å². The maximum Gasteiger partial charge on any atom is 0.416 e. The number of anilines is 1. The third-order valence-electron chi connectivity index (χ3n) is 4.58. The fraction of sp³-hybridized carbons (Fsp3) is 0.211. The van der Waals surface area contributed by atoms with Gasteiger partial charge in [0.1, 0.15) is 16.2 Å². The van der Waals surface area contributed by atoms with Gasteiger partial charge in [-0.3, -0.25) is 9.59 Å². The van der Waals surface area contributed by atoms with Crippen LogP contribution in [0.2, 0.25) is 0 Å². The predicted molar refractivity (Wildman–Crippen MR) is 112 cm³/mol. The van der Waals surface area contributed by atoms with Crippen LogP contribution in [0.5, 0.6) is 0 Å². The molecule has 0 saturated heterocycles. The Morgan fingerprint density at radius 1 is 1.15 bits per heavy atom. The third kappa shape index (κ3) is 4.64. The van der Waals surface area contributed by atoms with Crippen LogP contribution in [0.4, 0.5) is 18.9 Å². The average molecular weight is 476 g/mol. The van der Waals surface area contributed by atoms with Gasteiger partial charge in [-0.05, 0) is 24.6 Å². The number of rotatable bonds is 5. The zero-order valence-corrected chi connectivity index (χ0v) is 18.0. The molecule has 4 rings (SSSR count). The lowest BCUT2D eigenvalue weighted by Gasteiger charge is -2.12. The lowest BCUT2D eigenvalue weighted by molar-refractivity contribution is -0.138. The average Bonchev–Trinajstić information content (AvgIpc) is 3.40. The molecule has 2 N–H and O–H groups in total. The largest absolute Gasteiger partial charge is 0.416 e. The van der Waals surface area contributed by atoms with Crippen molar-refractivity contribution in [2.45, 2.75) is 19.6 Å². The Balaban J connectivity index is 1.42. The number of amides is 2. The highest BCUT2D eigenvalue weighted by atomic mass is 32.1. The summed E-state index contributed by atoms with van der Waals surface area (Å²) < 4.78 is 40.7. The standard InChI is InChI=1S/C19H15F3N8O2S/c1-9-3-4-10(5-11(9)19(20,21)22)27-17(31)12-6-23-13(33-12)7-24-18(32)15-14-16(26-8-25-15)30(2)29-28-14/h3-6,8H,7H2,1-2H3,(H,24,32)(H,27,31). The summed E-state index contributed by atoms with van der Waals surface area (Å²) in [5.74, 6) is -1.14. The maximum atomic E-state index is 13.1. The molecule has 3 aromatic heterocycles. The van der Waals surface area contributed by atoms with Crippen molar-refractivity contribution >= 4 is 40.0 Å². The van der Waals surface area contributed by atoms with Gasteiger partial charge in [0.2, 0.25) is 0 Å². The molecule has 0 unspecified atom stereocenters. The summed E-state index contributed by atoms with van der Waals surface area (Å²) in [6, 6.07) is 3.55. The van der Waals surface area contributed by atoms with Crippen molar-refractivity contribution in [2.75, 3.05) is 5.32 Å². The van der Waals surface area contributed by atoms with E-state index in [1.54, 1.807) is 7.05 Å². The fourth-order valence-corrected chi connectivity index (χ4v) is 3.71. The van der Waals surface area contributed by atoms with E-state index < -0.39 is 23.6 Å². The summed E-state index contributed by atoms with van der Waals surface area (Å²) in [4.78, 5) is 37.1. The molecule has 4 aromatic rings. The van der Waals surface area contributed by atoms with Gasteiger partial charge in [-0.25, -0.2) is 19.6 Å². The Bertz CT molecular complexity index is 1360. The first-order chi connectivity index (χ1) is 15.6. The predicted octanol–water partition coefficient (Wildman–Crippen LogP) is 2.72. The number of carbonyl (C=O) groups is 2. The van der Waals surface area contributed by atoms with Crippen LogP contribution in [0.15, 0.2) is 30.7 Å². The Morgan fingerprint density at radius 2 is 1.94 bits per heavy atom. The van der Waals surface area contributed by atoms with Crippen molar-refractivity contribution < 1.29 is 22.8 Å². The molecule has 33 heavy (non-hydrogen) atoms. The second kappa shape index (κ2) is 8.54. The zero-order valence-electron chi connectivity index (χ0n) is 17.1. The van der Waals surface area contributed by atoms with Crippen LogP contribution in [0, 0.1) is 6.92 Å². The molecule has 10 nitrogen and oxygen atoms in total. The van der Waals surface area contributed by atoms with Gasteiger partial charge in [0.05, 0.1) is 18.3 Å². The zero-order chi connectivity index (χ0) is 23.8. The van der Waals surface area contributed by atoms with E-state index in [1.807, 2.05) is 0 Å². The number of aromatic nitrogens is 6. The molecule has 0 aliphatic carbocycles. The van der Waals surface area contributed by atoms with E-state index in [0.29, 0.717) is 10.7 Å². The van der Waals surface area contributed by atoms with Gasteiger partial charge >= 0.3 is 6.18 Å². The topological polar surface area (TPSA) is 128 Å². The Morgan fingerprint density at radius 3 is 2.70 bits per heavy atom. The molecule has 14 heteroatoms. The summed E-state index contributed by atoms with van der Waals surface area (Å²) >= 11 is 0.993. The van der Waals surface area contributed by atoms with Gasteiger partial charge in [-0.15, -0.1) is 16.4 Å². The van der Waals surface area contributed by atoms with Crippen LogP contribution in [-0.2, 0) is 19.8 Å². The van der Waals surface area contributed by atoms with Crippen molar-refractivity contribution in [3.63, 3.8) is 0 Å². The van der Waals surface area contributed by atoms with Crippen LogP contribution in [0.1, 0.15) is 36.3 Å². The molecule has 0 bridgehead atoms. The molecular weight excluding hydrogens is 461 g/mol. The van der Waals surface area contributed by atoms with Crippen LogP contribution in [0.25, 0.3) is 11.2 Å². The Hall–Kier alpha value is -3.94. The molecule has 0 saturated carbocycles. The van der Waals surface area contributed by atoms with E-state index in [9.17, 15) is 22.8 Å². The molecule has 0 spiro atoms. The van der Waals surface area contributed by atoms with E-state index in [-0.39, 0.29) is 33.9 Å². The molecule has 170 valence electrons. The summed E-state index contributed by atoms with van der Waals surface area (Å²) in [6.45, 7) is 1.35. The maximum absolute atomic E-state index is 13.1. The molecule has 0 atom stereocenters. The quantitative estimate of drug-likeness (QED) is 0.453. The molecule has 0 aliphatic heterocycles. The SMILES string of the molecule is Cc1ccc(NC(=O)c2cnc(CNC(=O)c3ncnc4c3nnn4C)s2)cc1C(F)(F)F. The van der Waals surface area contributed by atoms with E-state index >= 15 is 0 Å². The van der Waals surface area contributed by atoms with Crippen molar-refractivity contribution in [1.82, 2.24) is 35.3 Å². The summed E-state index contributed by atoms with van der Waals surface area (Å²) in [5, 5.41) is 13.2. The van der Waals surface area contributed by atoms with E-state index in [4.69, 9.17) is 0 Å². The van der Waals surface area contributed by atoms with Gasteiger partial charge in [0.15, 0.2) is 16.9 Å². The summed E-state index contributed by atoms with van der Waals surface area (Å²) in [6.07, 6.45) is -2.02. The van der Waals surface area contributed by atoms with Crippen LogP contribution in [-0.4, -0.2) is 41.8 Å².